The molecule has 1 spiro atoms. The van der Waals surface area contributed by atoms with Gasteiger partial charge < -0.3 is 19.7 Å². The predicted octanol–water partition coefficient (Wildman–Crippen LogP) is 0.387. The van der Waals surface area contributed by atoms with E-state index in [-0.39, 0.29) is 38.0 Å². The SMILES string of the molecule is COc1ccccc1NC(=O)N1CC2(C1)CS(=O)(=O)[C@@H](Cn1cncn1)CO2. The van der Waals surface area contributed by atoms with Crippen LogP contribution in [0.4, 0.5) is 10.5 Å². The summed E-state index contributed by atoms with van der Waals surface area (Å²) in [5.41, 5.74) is -0.281. The van der Waals surface area contributed by atoms with Crippen molar-refractivity contribution in [1.29, 1.82) is 0 Å². The Bertz CT molecular complexity index is 956. The number of para-hydroxylation sites is 2. The zero-order valence-corrected chi connectivity index (χ0v) is 16.1. The number of hydrogen-bond donors (Lipinski definition) is 1. The third-order valence-corrected chi connectivity index (χ3v) is 7.23. The summed E-state index contributed by atoms with van der Waals surface area (Å²) in [5, 5.41) is 6.06. The number of aromatic nitrogens is 3. The first kappa shape index (κ1) is 18.7. The third-order valence-electron chi connectivity index (χ3n) is 5.00. The smallest absolute Gasteiger partial charge is 0.322 e. The molecule has 0 unspecified atom stereocenters. The molecule has 1 aromatic heterocycles. The Morgan fingerprint density at radius 2 is 2.18 bits per heavy atom. The Morgan fingerprint density at radius 1 is 1.39 bits per heavy atom. The van der Waals surface area contributed by atoms with E-state index in [1.807, 2.05) is 6.07 Å². The number of likely N-dealkylation sites (tertiary alicyclic amines) is 1. The fourth-order valence-corrected chi connectivity index (χ4v) is 5.41. The normalized spacial score (nSPS) is 22.5. The minimum Gasteiger partial charge on any atom is -0.495 e. The summed E-state index contributed by atoms with van der Waals surface area (Å²) < 4.78 is 38.0. The molecule has 2 saturated heterocycles. The van der Waals surface area contributed by atoms with Crippen molar-refractivity contribution in [2.24, 2.45) is 0 Å². The summed E-state index contributed by atoms with van der Waals surface area (Å²) >= 11 is 0. The third kappa shape index (κ3) is 3.54. The van der Waals surface area contributed by atoms with E-state index >= 15 is 0 Å². The van der Waals surface area contributed by atoms with Crippen molar-refractivity contribution in [3.63, 3.8) is 0 Å². The van der Waals surface area contributed by atoms with Crippen molar-refractivity contribution in [1.82, 2.24) is 19.7 Å². The first-order valence-corrected chi connectivity index (χ1v) is 10.5. The summed E-state index contributed by atoms with van der Waals surface area (Å²) in [7, 11) is -1.85. The van der Waals surface area contributed by atoms with Crippen molar-refractivity contribution in [2.45, 2.75) is 17.4 Å². The van der Waals surface area contributed by atoms with Crippen LogP contribution in [0.5, 0.6) is 5.75 Å². The number of benzene rings is 1. The van der Waals surface area contributed by atoms with Gasteiger partial charge in [-0.3, -0.25) is 4.68 Å². The van der Waals surface area contributed by atoms with Crippen LogP contribution in [0, 0.1) is 0 Å². The fourth-order valence-electron chi connectivity index (χ4n) is 3.52. The number of nitrogens with one attached hydrogen (secondary N) is 1. The average molecular weight is 407 g/mol. The molecule has 1 N–H and O–H groups in total. The lowest BCUT2D eigenvalue weighted by Gasteiger charge is -2.51. The lowest BCUT2D eigenvalue weighted by molar-refractivity contribution is -0.117. The molecule has 2 aliphatic rings. The summed E-state index contributed by atoms with van der Waals surface area (Å²) in [5.74, 6) is 0.441. The number of rotatable bonds is 4. The number of carbonyl (C=O) groups excluding carboxylic acids is 1. The van der Waals surface area contributed by atoms with E-state index in [9.17, 15) is 13.2 Å². The van der Waals surface area contributed by atoms with Crippen LogP contribution >= 0.6 is 0 Å². The monoisotopic (exact) mass is 407 g/mol. The van der Waals surface area contributed by atoms with Gasteiger partial charge in [-0.15, -0.1) is 0 Å². The zero-order chi connectivity index (χ0) is 19.8. The van der Waals surface area contributed by atoms with Gasteiger partial charge in [0.1, 0.15) is 29.3 Å². The van der Waals surface area contributed by atoms with Gasteiger partial charge in [-0.1, -0.05) is 12.1 Å². The molecule has 4 rings (SSSR count). The minimum absolute atomic E-state index is 0.0736. The maximum atomic E-state index is 12.7. The van der Waals surface area contributed by atoms with Crippen LogP contribution in [-0.2, 0) is 21.1 Å². The van der Waals surface area contributed by atoms with Gasteiger partial charge in [0.25, 0.3) is 0 Å². The quantitative estimate of drug-likeness (QED) is 0.779. The van der Waals surface area contributed by atoms with Crippen LogP contribution in [0.15, 0.2) is 36.9 Å². The van der Waals surface area contributed by atoms with Gasteiger partial charge in [-0.05, 0) is 12.1 Å². The number of nitrogens with zero attached hydrogens (tertiary/aromatic N) is 4. The lowest BCUT2D eigenvalue weighted by Crippen LogP contribution is -2.71. The maximum Gasteiger partial charge on any atom is 0.322 e. The highest BCUT2D eigenvalue weighted by Crippen LogP contribution is 2.34. The van der Waals surface area contributed by atoms with Crippen LogP contribution in [0.3, 0.4) is 0 Å². The molecule has 2 fully saturated rings. The molecule has 3 heterocycles. The van der Waals surface area contributed by atoms with Crippen LogP contribution in [0.25, 0.3) is 0 Å². The molecular weight excluding hydrogens is 386 g/mol. The van der Waals surface area contributed by atoms with Crippen molar-refractivity contribution in [3.05, 3.63) is 36.9 Å². The summed E-state index contributed by atoms with van der Waals surface area (Å²) in [4.78, 5) is 17.8. The maximum absolute atomic E-state index is 12.7. The second-order valence-corrected chi connectivity index (χ2v) is 9.31. The van der Waals surface area contributed by atoms with Crippen molar-refractivity contribution in [3.8, 4) is 5.75 Å². The van der Waals surface area contributed by atoms with Crippen LogP contribution in [-0.4, -0.2) is 77.5 Å². The summed E-state index contributed by atoms with van der Waals surface area (Å²) in [6.45, 7) is 0.729. The van der Waals surface area contributed by atoms with E-state index in [1.54, 1.807) is 18.2 Å². The number of urea groups is 1. The number of ether oxygens (including phenoxy) is 2. The summed E-state index contributed by atoms with van der Waals surface area (Å²) in [6, 6.07) is 6.77. The summed E-state index contributed by atoms with van der Waals surface area (Å²) in [6.07, 6.45) is 2.84. The highest BCUT2D eigenvalue weighted by atomic mass is 32.2. The van der Waals surface area contributed by atoms with Gasteiger partial charge in [0.05, 0.1) is 44.8 Å². The van der Waals surface area contributed by atoms with E-state index in [2.05, 4.69) is 15.4 Å². The van der Waals surface area contributed by atoms with E-state index in [1.165, 1.54) is 29.3 Å². The molecule has 2 amide bonds. The molecule has 0 bridgehead atoms. The molecule has 2 aromatic rings. The van der Waals surface area contributed by atoms with Gasteiger partial charge in [-0.25, -0.2) is 18.2 Å². The van der Waals surface area contributed by atoms with Crippen molar-refractivity contribution in [2.75, 3.05) is 37.9 Å². The molecule has 1 atom stereocenters. The van der Waals surface area contributed by atoms with Gasteiger partial charge in [0, 0.05) is 0 Å². The first-order chi connectivity index (χ1) is 13.4. The van der Waals surface area contributed by atoms with Gasteiger partial charge in [0.2, 0.25) is 0 Å². The highest BCUT2D eigenvalue weighted by Gasteiger charge is 2.54. The van der Waals surface area contributed by atoms with E-state index in [0.717, 1.165) is 0 Å². The number of amides is 2. The molecule has 0 aliphatic carbocycles. The number of sulfone groups is 1. The lowest BCUT2D eigenvalue weighted by atomic mass is 9.96. The van der Waals surface area contributed by atoms with E-state index in [0.29, 0.717) is 11.4 Å². The molecule has 2 aliphatic heterocycles. The predicted molar refractivity (Wildman–Crippen MR) is 99.9 cm³/mol. The Labute approximate surface area is 162 Å². The highest BCUT2D eigenvalue weighted by molar-refractivity contribution is 7.92. The fraction of sp³-hybridized carbons (Fsp3) is 0.471. The number of hydrogen-bond acceptors (Lipinski definition) is 7. The molecule has 11 heteroatoms. The Balaban J connectivity index is 1.36. The minimum atomic E-state index is -3.38. The van der Waals surface area contributed by atoms with Gasteiger partial charge >= 0.3 is 6.03 Å². The zero-order valence-electron chi connectivity index (χ0n) is 15.3. The Morgan fingerprint density at radius 3 is 2.86 bits per heavy atom. The first-order valence-electron chi connectivity index (χ1n) is 8.78. The standard InChI is InChI=1S/C17H21N5O5S/c1-26-15-5-3-2-4-14(15)20-16(23)21-8-17(9-21)10-28(24,25)13(7-27-17)6-22-12-18-11-19-22/h2-5,11-13H,6-10H2,1H3,(H,20,23)/t13-/m0/s1. The largest absolute Gasteiger partial charge is 0.495 e. The molecule has 0 saturated carbocycles. The topological polar surface area (TPSA) is 116 Å². The molecule has 0 radical (unpaired) electrons. The van der Waals surface area contributed by atoms with Crippen LogP contribution in [0.1, 0.15) is 0 Å². The number of carbonyl (C=O) groups is 1. The molecule has 28 heavy (non-hydrogen) atoms. The second-order valence-electron chi connectivity index (χ2n) is 7.03. The van der Waals surface area contributed by atoms with Gasteiger partial charge in [0.15, 0.2) is 9.84 Å². The van der Waals surface area contributed by atoms with Crippen molar-refractivity contribution >= 4 is 21.6 Å². The number of anilines is 1. The van der Waals surface area contributed by atoms with E-state index in [4.69, 9.17) is 9.47 Å². The average Bonchev–Trinajstić information content (AvgIpc) is 3.15. The van der Waals surface area contributed by atoms with Crippen LogP contribution < -0.4 is 10.1 Å². The number of methoxy groups -OCH3 is 1. The Kier molecular flexibility index (Phi) is 4.71. The van der Waals surface area contributed by atoms with E-state index < -0.39 is 20.7 Å². The molecule has 150 valence electrons. The molecule has 10 nitrogen and oxygen atoms in total. The second kappa shape index (κ2) is 7.06. The van der Waals surface area contributed by atoms with Crippen LogP contribution in [0.2, 0.25) is 0 Å². The van der Waals surface area contributed by atoms with Gasteiger partial charge in [-0.2, -0.15) is 5.10 Å². The molecular formula is C17H21N5O5S. The molecule has 1 aromatic carbocycles. The Hall–Kier alpha value is -2.66. The van der Waals surface area contributed by atoms with Crippen molar-refractivity contribution < 1.29 is 22.7 Å².